The van der Waals surface area contributed by atoms with Gasteiger partial charge in [-0.25, -0.2) is 4.79 Å². The predicted octanol–water partition coefficient (Wildman–Crippen LogP) is 2.47. The van der Waals surface area contributed by atoms with Crippen molar-refractivity contribution in [1.82, 2.24) is 0 Å². The summed E-state index contributed by atoms with van der Waals surface area (Å²) in [7, 11) is 0. The van der Waals surface area contributed by atoms with Crippen LogP contribution in [0.25, 0.3) is 0 Å². The van der Waals surface area contributed by atoms with Gasteiger partial charge in [-0.1, -0.05) is 0 Å². The molecule has 0 spiro atoms. The van der Waals surface area contributed by atoms with Crippen molar-refractivity contribution in [2.24, 2.45) is 29.6 Å². The average Bonchev–Trinajstić information content (AvgIpc) is 2.25. The zero-order valence-corrected chi connectivity index (χ0v) is 11.6. The molecule has 1 unspecified atom stereocenters. The summed E-state index contributed by atoms with van der Waals surface area (Å²) in [5.74, 6) is 0.956. The van der Waals surface area contributed by atoms with Gasteiger partial charge in [0.25, 0.3) is 0 Å². The SMILES string of the molecule is CC(=O)OC(C)(C(=O)O)C1C2CC3CC(C2)CC1C3. The normalized spacial score (nSPS) is 42.7. The van der Waals surface area contributed by atoms with E-state index in [1.54, 1.807) is 6.92 Å². The number of carbonyl (C=O) groups excluding carboxylic acids is 1. The van der Waals surface area contributed by atoms with Crippen LogP contribution in [0.2, 0.25) is 0 Å². The maximum Gasteiger partial charge on any atom is 0.348 e. The van der Waals surface area contributed by atoms with Gasteiger partial charge in [-0.05, 0) is 62.7 Å². The number of esters is 1. The molecule has 4 fully saturated rings. The first-order valence-corrected chi connectivity index (χ1v) is 7.33. The minimum atomic E-state index is -1.34. The van der Waals surface area contributed by atoms with E-state index in [1.807, 2.05) is 0 Å². The molecule has 0 amide bonds. The minimum Gasteiger partial charge on any atom is -0.478 e. The van der Waals surface area contributed by atoms with E-state index < -0.39 is 17.5 Å². The molecule has 4 saturated carbocycles. The highest BCUT2D eigenvalue weighted by atomic mass is 16.6. The van der Waals surface area contributed by atoms with Crippen LogP contribution in [0.5, 0.6) is 0 Å². The molecule has 0 aromatic carbocycles. The molecule has 106 valence electrons. The molecule has 4 aliphatic rings. The van der Waals surface area contributed by atoms with E-state index in [0.29, 0.717) is 11.8 Å². The zero-order valence-electron chi connectivity index (χ0n) is 11.6. The van der Waals surface area contributed by atoms with Crippen LogP contribution in [0, 0.1) is 29.6 Å². The molecule has 0 saturated heterocycles. The number of hydrogen-bond donors (Lipinski definition) is 1. The van der Waals surface area contributed by atoms with Crippen molar-refractivity contribution in [3.8, 4) is 0 Å². The van der Waals surface area contributed by atoms with Gasteiger partial charge < -0.3 is 9.84 Å². The average molecular weight is 266 g/mol. The van der Waals surface area contributed by atoms with Crippen LogP contribution < -0.4 is 0 Å². The van der Waals surface area contributed by atoms with Crippen LogP contribution in [0.3, 0.4) is 0 Å². The Hall–Kier alpha value is -1.06. The van der Waals surface area contributed by atoms with Gasteiger partial charge in [0.2, 0.25) is 5.60 Å². The van der Waals surface area contributed by atoms with Crippen LogP contribution >= 0.6 is 0 Å². The molecule has 4 nitrogen and oxygen atoms in total. The van der Waals surface area contributed by atoms with Crippen molar-refractivity contribution in [1.29, 1.82) is 0 Å². The number of carboxylic acids is 1. The summed E-state index contributed by atoms with van der Waals surface area (Å²) >= 11 is 0. The van der Waals surface area contributed by atoms with E-state index >= 15 is 0 Å². The van der Waals surface area contributed by atoms with Crippen molar-refractivity contribution < 1.29 is 19.4 Å². The van der Waals surface area contributed by atoms with Gasteiger partial charge in [-0.3, -0.25) is 4.79 Å². The topological polar surface area (TPSA) is 63.6 Å². The Bertz CT molecular complexity index is 388. The van der Waals surface area contributed by atoms with E-state index in [0.717, 1.165) is 37.5 Å². The molecular formula is C15H22O4. The smallest absolute Gasteiger partial charge is 0.348 e. The summed E-state index contributed by atoms with van der Waals surface area (Å²) in [6.07, 6.45) is 5.84. The second-order valence-electron chi connectivity index (χ2n) is 6.96. The molecule has 0 radical (unpaired) electrons. The molecule has 4 rings (SSSR count). The largest absolute Gasteiger partial charge is 0.478 e. The van der Waals surface area contributed by atoms with Crippen molar-refractivity contribution in [2.75, 3.05) is 0 Å². The standard InChI is InChI=1S/C15H22O4/c1-8(16)19-15(2,14(17)18)13-11-4-9-3-10(6-11)7-12(13)5-9/h9-13H,3-7H2,1-2H3,(H,17,18). The summed E-state index contributed by atoms with van der Waals surface area (Å²) in [5, 5.41) is 9.59. The summed E-state index contributed by atoms with van der Waals surface area (Å²) in [4.78, 5) is 23.0. The lowest BCUT2D eigenvalue weighted by Crippen LogP contribution is -2.58. The van der Waals surface area contributed by atoms with Gasteiger partial charge in [0, 0.05) is 12.8 Å². The first-order chi connectivity index (χ1) is 8.90. The van der Waals surface area contributed by atoms with Crippen LogP contribution in [0.15, 0.2) is 0 Å². The second kappa shape index (κ2) is 4.22. The van der Waals surface area contributed by atoms with Crippen molar-refractivity contribution >= 4 is 11.9 Å². The number of hydrogen-bond acceptors (Lipinski definition) is 3. The molecular weight excluding hydrogens is 244 g/mol. The number of aliphatic carboxylic acids is 1. The van der Waals surface area contributed by atoms with E-state index in [4.69, 9.17) is 4.74 Å². The molecule has 4 bridgehead atoms. The van der Waals surface area contributed by atoms with Gasteiger partial charge in [-0.15, -0.1) is 0 Å². The number of carbonyl (C=O) groups is 2. The molecule has 1 atom stereocenters. The lowest BCUT2D eigenvalue weighted by molar-refractivity contribution is -0.200. The van der Waals surface area contributed by atoms with Gasteiger partial charge in [-0.2, -0.15) is 0 Å². The Morgan fingerprint density at radius 3 is 1.89 bits per heavy atom. The van der Waals surface area contributed by atoms with E-state index in [2.05, 4.69) is 0 Å². The molecule has 0 heterocycles. The van der Waals surface area contributed by atoms with Gasteiger partial charge >= 0.3 is 11.9 Å². The third kappa shape index (κ3) is 1.96. The molecule has 19 heavy (non-hydrogen) atoms. The Morgan fingerprint density at radius 2 is 1.53 bits per heavy atom. The Morgan fingerprint density at radius 1 is 1.05 bits per heavy atom. The lowest BCUT2D eigenvalue weighted by Gasteiger charge is -2.57. The summed E-state index contributed by atoms with van der Waals surface area (Å²) < 4.78 is 5.29. The van der Waals surface area contributed by atoms with Crippen molar-refractivity contribution in [3.63, 3.8) is 0 Å². The number of carboxylic acid groups (broad SMARTS) is 1. The highest BCUT2D eigenvalue weighted by molar-refractivity contribution is 5.81. The monoisotopic (exact) mass is 266 g/mol. The van der Waals surface area contributed by atoms with E-state index in [9.17, 15) is 14.7 Å². The second-order valence-corrected chi connectivity index (χ2v) is 6.96. The van der Waals surface area contributed by atoms with E-state index in [1.165, 1.54) is 13.3 Å². The summed E-state index contributed by atoms with van der Waals surface area (Å²) in [6.45, 7) is 2.90. The quantitative estimate of drug-likeness (QED) is 0.797. The Balaban J connectivity index is 1.90. The third-order valence-corrected chi connectivity index (χ3v) is 5.64. The molecule has 0 aromatic rings. The first kappa shape index (κ1) is 12.9. The van der Waals surface area contributed by atoms with Crippen LogP contribution in [-0.2, 0) is 14.3 Å². The maximum atomic E-state index is 11.7. The van der Waals surface area contributed by atoms with Gasteiger partial charge in [0.1, 0.15) is 0 Å². The van der Waals surface area contributed by atoms with Crippen LogP contribution in [0.1, 0.15) is 46.0 Å². The fourth-order valence-corrected chi connectivity index (χ4v) is 5.38. The first-order valence-electron chi connectivity index (χ1n) is 7.33. The minimum absolute atomic E-state index is 0.00157. The highest BCUT2D eigenvalue weighted by Crippen LogP contribution is 2.59. The summed E-state index contributed by atoms with van der Waals surface area (Å²) in [5.41, 5.74) is -1.34. The molecule has 0 aliphatic heterocycles. The highest BCUT2D eigenvalue weighted by Gasteiger charge is 2.58. The molecule has 4 aliphatic carbocycles. The fraction of sp³-hybridized carbons (Fsp3) is 0.867. The van der Waals surface area contributed by atoms with E-state index in [-0.39, 0.29) is 5.92 Å². The maximum absolute atomic E-state index is 11.7. The van der Waals surface area contributed by atoms with Crippen molar-refractivity contribution in [2.45, 2.75) is 51.6 Å². The molecule has 0 aromatic heterocycles. The number of ether oxygens (including phenoxy) is 1. The van der Waals surface area contributed by atoms with Crippen LogP contribution in [-0.4, -0.2) is 22.6 Å². The molecule has 1 N–H and O–H groups in total. The van der Waals surface area contributed by atoms with Gasteiger partial charge in [0.15, 0.2) is 0 Å². The zero-order chi connectivity index (χ0) is 13.8. The number of rotatable bonds is 3. The Labute approximate surface area is 113 Å². The fourth-order valence-electron chi connectivity index (χ4n) is 5.38. The Kier molecular flexibility index (Phi) is 2.88. The van der Waals surface area contributed by atoms with Crippen molar-refractivity contribution in [3.05, 3.63) is 0 Å². The van der Waals surface area contributed by atoms with Gasteiger partial charge in [0.05, 0.1) is 0 Å². The third-order valence-electron chi connectivity index (χ3n) is 5.64. The predicted molar refractivity (Wildman–Crippen MR) is 68.3 cm³/mol. The lowest BCUT2D eigenvalue weighted by atomic mass is 9.49. The van der Waals surface area contributed by atoms with Crippen LogP contribution in [0.4, 0.5) is 0 Å². The summed E-state index contributed by atoms with van der Waals surface area (Å²) in [6, 6.07) is 0. The molecule has 4 heteroatoms.